The van der Waals surface area contributed by atoms with Crippen LogP contribution in [0.15, 0.2) is 64.3 Å². The molecule has 2 aromatic carbocycles. The molecule has 0 aliphatic carbocycles. The van der Waals surface area contributed by atoms with Gasteiger partial charge in [-0.25, -0.2) is 14.4 Å². The molecule has 10 heteroatoms. The average Bonchev–Trinajstić information content (AvgIpc) is 2.83. The standard InChI is InChI=1S/C25H29BrN4O5/c1-4-12-30-16(2)21(23(31)35-14-13-34-3)22(29-25(30)33)17-8-7-9-18(15-17)27-24(32)28-20-11-6-5-10-19(20)26/h5-11,15,22H,4,12-14H2,1-3H3,(H,29,33)(H2,27,28,32). The summed E-state index contributed by atoms with van der Waals surface area (Å²) in [6.07, 6.45) is 0.730. The molecule has 0 radical (unpaired) electrons. The third-order valence-corrected chi connectivity index (χ3v) is 6.08. The van der Waals surface area contributed by atoms with Gasteiger partial charge in [0, 0.05) is 29.5 Å². The van der Waals surface area contributed by atoms with Crippen LogP contribution >= 0.6 is 15.9 Å². The van der Waals surface area contributed by atoms with Crippen LogP contribution in [0.25, 0.3) is 0 Å². The highest BCUT2D eigenvalue weighted by Crippen LogP contribution is 2.32. The van der Waals surface area contributed by atoms with E-state index in [2.05, 4.69) is 31.9 Å². The number of hydrogen-bond acceptors (Lipinski definition) is 5. The summed E-state index contributed by atoms with van der Waals surface area (Å²) in [6, 6.07) is 12.8. The number of carbonyl (C=O) groups excluding carboxylic acids is 3. The van der Waals surface area contributed by atoms with E-state index in [4.69, 9.17) is 9.47 Å². The first-order chi connectivity index (χ1) is 16.8. The summed E-state index contributed by atoms with van der Waals surface area (Å²) in [6.45, 7) is 4.52. The number of ether oxygens (including phenoxy) is 2. The number of urea groups is 2. The number of benzene rings is 2. The largest absolute Gasteiger partial charge is 0.460 e. The Morgan fingerprint density at radius 2 is 1.89 bits per heavy atom. The number of hydrogen-bond donors (Lipinski definition) is 3. The maximum Gasteiger partial charge on any atom is 0.338 e. The Kier molecular flexibility index (Phi) is 9.27. The lowest BCUT2D eigenvalue weighted by molar-refractivity contribution is -0.140. The van der Waals surface area contributed by atoms with Gasteiger partial charge in [0.1, 0.15) is 6.61 Å². The molecule has 0 aromatic heterocycles. The molecule has 1 atom stereocenters. The first-order valence-corrected chi connectivity index (χ1v) is 12.0. The zero-order valence-corrected chi connectivity index (χ0v) is 21.5. The molecular weight excluding hydrogens is 516 g/mol. The topological polar surface area (TPSA) is 109 Å². The second kappa shape index (κ2) is 12.4. The van der Waals surface area contributed by atoms with Crippen molar-refractivity contribution in [3.63, 3.8) is 0 Å². The van der Waals surface area contributed by atoms with Crippen LogP contribution in [0.1, 0.15) is 31.9 Å². The van der Waals surface area contributed by atoms with Gasteiger partial charge in [-0.2, -0.15) is 0 Å². The minimum absolute atomic E-state index is 0.0946. The van der Waals surface area contributed by atoms with Crippen molar-refractivity contribution in [1.82, 2.24) is 10.2 Å². The molecule has 0 bridgehead atoms. The van der Waals surface area contributed by atoms with Gasteiger partial charge in [-0.05, 0) is 59.1 Å². The maximum absolute atomic E-state index is 13.0. The third-order valence-electron chi connectivity index (χ3n) is 5.38. The minimum atomic E-state index is -0.737. The van der Waals surface area contributed by atoms with Crippen LogP contribution in [-0.4, -0.2) is 49.8 Å². The smallest absolute Gasteiger partial charge is 0.338 e. The molecule has 1 aliphatic heterocycles. The summed E-state index contributed by atoms with van der Waals surface area (Å²) >= 11 is 3.40. The summed E-state index contributed by atoms with van der Waals surface area (Å²) in [5.74, 6) is -0.532. The van der Waals surface area contributed by atoms with E-state index in [1.165, 1.54) is 12.0 Å². The van der Waals surface area contributed by atoms with Crippen LogP contribution in [0, 0.1) is 0 Å². The fourth-order valence-electron chi connectivity index (χ4n) is 3.73. The van der Waals surface area contributed by atoms with Crippen molar-refractivity contribution in [2.24, 2.45) is 0 Å². The van der Waals surface area contributed by atoms with E-state index >= 15 is 0 Å². The average molecular weight is 545 g/mol. The van der Waals surface area contributed by atoms with E-state index in [-0.39, 0.29) is 19.2 Å². The highest BCUT2D eigenvalue weighted by molar-refractivity contribution is 9.10. The number of para-hydroxylation sites is 1. The lowest BCUT2D eigenvalue weighted by atomic mass is 9.94. The van der Waals surface area contributed by atoms with Gasteiger partial charge in [-0.3, -0.25) is 4.90 Å². The van der Waals surface area contributed by atoms with E-state index in [9.17, 15) is 14.4 Å². The highest BCUT2D eigenvalue weighted by Gasteiger charge is 2.36. The SMILES string of the molecule is CCCN1C(=O)NC(c2cccc(NC(=O)Nc3ccccc3Br)c2)C(C(=O)OCCOC)=C1C. The predicted molar refractivity (Wildman–Crippen MR) is 137 cm³/mol. The highest BCUT2D eigenvalue weighted by atomic mass is 79.9. The Bertz CT molecular complexity index is 1120. The van der Waals surface area contributed by atoms with Crippen LogP contribution in [0.2, 0.25) is 0 Å². The lowest BCUT2D eigenvalue weighted by Crippen LogP contribution is -2.48. The molecule has 0 saturated carbocycles. The van der Waals surface area contributed by atoms with E-state index in [1.54, 1.807) is 37.3 Å². The fraction of sp³-hybridized carbons (Fsp3) is 0.320. The Hall–Kier alpha value is -3.37. The van der Waals surface area contributed by atoms with E-state index in [0.29, 0.717) is 34.8 Å². The van der Waals surface area contributed by atoms with Gasteiger partial charge in [-0.15, -0.1) is 0 Å². The molecular formula is C25H29BrN4O5. The number of halogens is 1. The van der Waals surface area contributed by atoms with Gasteiger partial charge in [0.25, 0.3) is 0 Å². The Morgan fingerprint density at radius 1 is 1.11 bits per heavy atom. The van der Waals surface area contributed by atoms with Gasteiger partial charge in [0.15, 0.2) is 0 Å². The van der Waals surface area contributed by atoms with Crippen molar-refractivity contribution in [2.75, 3.05) is 37.5 Å². The van der Waals surface area contributed by atoms with Crippen LogP contribution in [0.4, 0.5) is 21.0 Å². The van der Waals surface area contributed by atoms with E-state index < -0.39 is 18.0 Å². The van der Waals surface area contributed by atoms with Gasteiger partial charge in [-0.1, -0.05) is 31.2 Å². The Balaban J connectivity index is 1.86. The molecule has 186 valence electrons. The Morgan fingerprint density at radius 3 is 2.60 bits per heavy atom. The molecule has 0 fully saturated rings. The number of anilines is 2. The molecule has 4 amide bonds. The number of nitrogens with one attached hydrogen (secondary N) is 3. The van der Waals surface area contributed by atoms with E-state index in [0.717, 1.165) is 10.9 Å². The van der Waals surface area contributed by atoms with Crippen molar-refractivity contribution in [2.45, 2.75) is 26.3 Å². The summed E-state index contributed by atoms with van der Waals surface area (Å²) in [5.41, 5.74) is 2.63. The first-order valence-electron chi connectivity index (χ1n) is 11.2. The summed E-state index contributed by atoms with van der Waals surface area (Å²) in [4.78, 5) is 39.9. The number of allylic oxidation sites excluding steroid dienone is 1. The molecule has 9 nitrogen and oxygen atoms in total. The summed E-state index contributed by atoms with van der Waals surface area (Å²) in [5, 5.41) is 8.48. The van der Waals surface area contributed by atoms with Crippen molar-refractivity contribution < 1.29 is 23.9 Å². The van der Waals surface area contributed by atoms with Crippen molar-refractivity contribution in [3.8, 4) is 0 Å². The van der Waals surface area contributed by atoms with Crippen molar-refractivity contribution >= 4 is 45.3 Å². The molecule has 0 spiro atoms. The molecule has 0 saturated heterocycles. The van der Waals surface area contributed by atoms with Crippen LogP contribution in [0.3, 0.4) is 0 Å². The molecule has 1 heterocycles. The summed E-state index contributed by atoms with van der Waals surface area (Å²) in [7, 11) is 1.52. The first kappa shape index (κ1) is 26.2. The number of esters is 1. The number of amides is 4. The van der Waals surface area contributed by atoms with Gasteiger partial charge in [0.05, 0.1) is 23.9 Å². The third kappa shape index (κ3) is 6.61. The number of methoxy groups -OCH3 is 1. The van der Waals surface area contributed by atoms with Crippen molar-refractivity contribution in [1.29, 1.82) is 0 Å². The lowest BCUT2D eigenvalue weighted by Gasteiger charge is -2.35. The number of rotatable bonds is 9. The fourth-order valence-corrected chi connectivity index (χ4v) is 4.11. The molecule has 3 N–H and O–H groups in total. The zero-order valence-electron chi connectivity index (χ0n) is 19.9. The number of carbonyl (C=O) groups is 3. The zero-order chi connectivity index (χ0) is 25.4. The Labute approximate surface area is 213 Å². The van der Waals surface area contributed by atoms with Crippen LogP contribution < -0.4 is 16.0 Å². The minimum Gasteiger partial charge on any atom is -0.460 e. The second-order valence-electron chi connectivity index (χ2n) is 7.85. The quantitative estimate of drug-likeness (QED) is 0.303. The maximum atomic E-state index is 13.0. The molecule has 2 aromatic rings. The molecule has 3 rings (SSSR count). The molecule has 1 unspecified atom stereocenters. The second-order valence-corrected chi connectivity index (χ2v) is 8.70. The molecule has 35 heavy (non-hydrogen) atoms. The number of nitrogens with zero attached hydrogens (tertiary/aromatic N) is 1. The normalized spacial score (nSPS) is 15.5. The van der Waals surface area contributed by atoms with Gasteiger partial charge >= 0.3 is 18.0 Å². The van der Waals surface area contributed by atoms with Gasteiger partial charge < -0.3 is 25.4 Å². The predicted octanol–water partition coefficient (Wildman–Crippen LogP) is 5.03. The monoisotopic (exact) mass is 544 g/mol. The van der Waals surface area contributed by atoms with E-state index in [1.807, 2.05) is 25.1 Å². The molecule has 1 aliphatic rings. The van der Waals surface area contributed by atoms with Gasteiger partial charge in [0.2, 0.25) is 0 Å². The van der Waals surface area contributed by atoms with Crippen molar-refractivity contribution in [3.05, 3.63) is 69.8 Å². The summed E-state index contributed by atoms with van der Waals surface area (Å²) < 4.78 is 11.1. The van der Waals surface area contributed by atoms with Crippen LogP contribution in [0.5, 0.6) is 0 Å². The van der Waals surface area contributed by atoms with Crippen LogP contribution in [-0.2, 0) is 14.3 Å².